The van der Waals surface area contributed by atoms with Crippen molar-refractivity contribution in [1.82, 2.24) is 10.3 Å². The first-order valence-electron chi connectivity index (χ1n) is 12.1. The topological polar surface area (TPSA) is 63.4 Å². The van der Waals surface area contributed by atoms with Crippen molar-refractivity contribution in [2.45, 2.75) is 26.3 Å². The second kappa shape index (κ2) is 10.8. The summed E-state index contributed by atoms with van der Waals surface area (Å²) in [5.41, 5.74) is 14.2. The van der Waals surface area contributed by atoms with Gasteiger partial charge in [-0.3, -0.25) is 5.43 Å². The number of hydrazone groups is 1. The van der Waals surface area contributed by atoms with Gasteiger partial charge in [-0.25, -0.2) is 4.39 Å². The van der Waals surface area contributed by atoms with E-state index in [9.17, 15) is 0 Å². The van der Waals surface area contributed by atoms with Gasteiger partial charge in [0.2, 0.25) is 0 Å². The van der Waals surface area contributed by atoms with Crippen LogP contribution in [0.5, 0.6) is 0 Å². The fraction of sp³-hybridized carbons (Fsp3) is 0.462. The molecule has 0 bridgehead atoms. The number of aryl methyl sites for hydroxylation is 2. The van der Waals surface area contributed by atoms with Gasteiger partial charge in [0.25, 0.3) is 0 Å². The normalized spacial score (nSPS) is 18.7. The predicted octanol–water partition coefficient (Wildman–Crippen LogP) is 3.08. The summed E-state index contributed by atoms with van der Waals surface area (Å²) < 4.78 is 15.4. The average Bonchev–Trinajstić information content (AvgIpc) is 3.31. The molecule has 0 spiro atoms. The standard InChI is InChI=1S/C26H36FN7S/c1-18-5-6-19(2)23(13-18)32-9-11-33(12-10-32)25-15-24(34-8-7-21(17-34)31(3)4)20(14-22(25)27)16-29-30-26(28)35/h5-6,13-16,21H,7-12,17H2,1-4H3,(H3,28,30,35)/b29-16+/t21-/m1/s1. The van der Waals surface area contributed by atoms with Gasteiger partial charge in [-0.1, -0.05) is 12.1 Å². The molecule has 0 amide bonds. The molecule has 1 atom stereocenters. The number of anilines is 3. The number of halogens is 1. The Morgan fingerprint density at radius 1 is 1.03 bits per heavy atom. The molecule has 0 saturated carbocycles. The molecule has 2 fully saturated rings. The van der Waals surface area contributed by atoms with Crippen molar-refractivity contribution in [2.75, 3.05) is 68.1 Å². The first-order valence-corrected chi connectivity index (χ1v) is 12.5. The van der Waals surface area contributed by atoms with Crippen LogP contribution in [0.4, 0.5) is 21.5 Å². The third kappa shape index (κ3) is 5.85. The third-order valence-corrected chi connectivity index (χ3v) is 7.13. The van der Waals surface area contributed by atoms with Gasteiger partial charge >= 0.3 is 0 Å². The zero-order valence-electron chi connectivity index (χ0n) is 21.1. The summed E-state index contributed by atoms with van der Waals surface area (Å²) in [4.78, 5) is 9.14. The van der Waals surface area contributed by atoms with Crippen LogP contribution in [-0.4, -0.2) is 75.6 Å². The Balaban J connectivity index is 1.57. The first-order chi connectivity index (χ1) is 16.7. The molecule has 9 heteroatoms. The van der Waals surface area contributed by atoms with Crippen LogP contribution in [0.1, 0.15) is 23.1 Å². The lowest BCUT2D eigenvalue weighted by molar-refractivity contribution is 0.315. The van der Waals surface area contributed by atoms with E-state index in [0.717, 1.165) is 51.4 Å². The van der Waals surface area contributed by atoms with E-state index >= 15 is 4.39 Å². The smallest absolute Gasteiger partial charge is 0.184 e. The lowest BCUT2D eigenvalue weighted by Crippen LogP contribution is -2.47. The van der Waals surface area contributed by atoms with E-state index in [-0.39, 0.29) is 10.9 Å². The minimum atomic E-state index is -0.242. The van der Waals surface area contributed by atoms with E-state index in [4.69, 9.17) is 18.0 Å². The number of thiocarbonyl (C=S) groups is 1. The lowest BCUT2D eigenvalue weighted by atomic mass is 10.1. The molecule has 0 aliphatic carbocycles. The zero-order chi connectivity index (χ0) is 25.1. The summed E-state index contributed by atoms with van der Waals surface area (Å²) >= 11 is 4.84. The van der Waals surface area contributed by atoms with Crippen LogP contribution in [0.3, 0.4) is 0 Å². The van der Waals surface area contributed by atoms with Crippen LogP contribution in [0.25, 0.3) is 0 Å². The molecule has 2 aromatic carbocycles. The minimum Gasteiger partial charge on any atom is -0.375 e. The maximum atomic E-state index is 15.4. The quantitative estimate of drug-likeness (QED) is 0.361. The SMILES string of the molecule is Cc1ccc(C)c(N2CCN(c3cc(N4CC[C@@H](N(C)C)C4)c(/C=N/NC(N)=S)cc3F)CC2)c1. The Bertz CT molecular complexity index is 1100. The van der Waals surface area contributed by atoms with Crippen molar-refractivity contribution in [1.29, 1.82) is 0 Å². The van der Waals surface area contributed by atoms with E-state index < -0.39 is 0 Å². The highest BCUT2D eigenvalue weighted by atomic mass is 32.1. The van der Waals surface area contributed by atoms with Gasteiger partial charge in [-0.2, -0.15) is 5.10 Å². The van der Waals surface area contributed by atoms with Crippen LogP contribution in [0.2, 0.25) is 0 Å². The zero-order valence-corrected chi connectivity index (χ0v) is 21.9. The van der Waals surface area contributed by atoms with E-state index in [1.165, 1.54) is 16.8 Å². The molecule has 2 aromatic rings. The third-order valence-electron chi connectivity index (χ3n) is 7.03. The number of hydrogen-bond acceptors (Lipinski definition) is 6. The minimum absolute atomic E-state index is 0.0791. The number of hydrogen-bond donors (Lipinski definition) is 2. The van der Waals surface area contributed by atoms with E-state index in [1.54, 1.807) is 12.3 Å². The molecular weight excluding hydrogens is 461 g/mol. The summed E-state index contributed by atoms with van der Waals surface area (Å²) in [6.07, 6.45) is 2.67. The van der Waals surface area contributed by atoms with Crippen LogP contribution in [0, 0.1) is 19.7 Å². The molecule has 0 radical (unpaired) electrons. The summed E-state index contributed by atoms with van der Waals surface area (Å²) in [7, 11) is 4.21. The van der Waals surface area contributed by atoms with Crippen LogP contribution in [-0.2, 0) is 0 Å². The molecule has 2 heterocycles. The molecule has 0 unspecified atom stereocenters. The molecule has 2 aliphatic heterocycles. The van der Waals surface area contributed by atoms with Crippen molar-refractivity contribution >= 4 is 40.6 Å². The molecule has 4 rings (SSSR count). The molecule has 35 heavy (non-hydrogen) atoms. The predicted molar refractivity (Wildman–Crippen MR) is 149 cm³/mol. The van der Waals surface area contributed by atoms with Crippen molar-refractivity contribution in [3.63, 3.8) is 0 Å². The van der Waals surface area contributed by atoms with Crippen LogP contribution < -0.4 is 25.9 Å². The Morgan fingerprint density at radius 2 is 1.71 bits per heavy atom. The van der Waals surface area contributed by atoms with E-state index in [2.05, 4.69) is 76.3 Å². The van der Waals surface area contributed by atoms with E-state index in [0.29, 0.717) is 17.3 Å². The van der Waals surface area contributed by atoms with Gasteiger partial charge in [0.15, 0.2) is 5.11 Å². The Kier molecular flexibility index (Phi) is 7.76. The molecule has 0 aromatic heterocycles. The molecule has 3 N–H and O–H groups in total. The Labute approximate surface area is 213 Å². The van der Waals surface area contributed by atoms with Crippen molar-refractivity contribution in [3.05, 3.63) is 52.8 Å². The first kappa shape index (κ1) is 25.2. The number of nitrogens with one attached hydrogen (secondary N) is 1. The largest absolute Gasteiger partial charge is 0.375 e. The second-order valence-corrected chi connectivity index (χ2v) is 10.2. The maximum absolute atomic E-state index is 15.4. The van der Waals surface area contributed by atoms with Gasteiger partial charge in [-0.05, 0) is 75.9 Å². The number of rotatable bonds is 6. The van der Waals surface area contributed by atoms with Gasteiger partial charge in [0, 0.05) is 62.2 Å². The lowest BCUT2D eigenvalue weighted by Gasteiger charge is -2.38. The molecule has 2 aliphatic rings. The van der Waals surface area contributed by atoms with Crippen molar-refractivity contribution in [2.24, 2.45) is 10.8 Å². The summed E-state index contributed by atoms with van der Waals surface area (Å²) in [5, 5.41) is 4.18. The highest BCUT2D eigenvalue weighted by Gasteiger charge is 2.28. The number of nitrogens with two attached hydrogens (primary N) is 1. The number of nitrogens with zero attached hydrogens (tertiary/aromatic N) is 5. The van der Waals surface area contributed by atoms with Gasteiger partial charge in [0.05, 0.1) is 11.9 Å². The van der Waals surface area contributed by atoms with Gasteiger partial charge in [0.1, 0.15) is 5.82 Å². The Morgan fingerprint density at radius 3 is 2.34 bits per heavy atom. The van der Waals surface area contributed by atoms with E-state index in [1.807, 2.05) is 6.07 Å². The van der Waals surface area contributed by atoms with Crippen molar-refractivity contribution in [3.8, 4) is 0 Å². The summed E-state index contributed by atoms with van der Waals surface area (Å²) in [6, 6.07) is 10.6. The highest BCUT2D eigenvalue weighted by Crippen LogP contribution is 2.33. The summed E-state index contributed by atoms with van der Waals surface area (Å²) in [6.45, 7) is 9.31. The number of piperazine rings is 1. The van der Waals surface area contributed by atoms with Crippen LogP contribution >= 0.6 is 12.2 Å². The number of benzene rings is 2. The molecule has 2 saturated heterocycles. The second-order valence-electron chi connectivity index (χ2n) is 9.71. The monoisotopic (exact) mass is 497 g/mol. The molecular formula is C26H36FN7S. The fourth-order valence-electron chi connectivity index (χ4n) is 4.98. The Hall–Kier alpha value is -2.91. The molecule has 7 nitrogen and oxygen atoms in total. The highest BCUT2D eigenvalue weighted by molar-refractivity contribution is 7.80. The van der Waals surface area contributed by atoms with Crippen molar-refractivity contribution < 1.29 is 4.39 Å². The average molecular weight is 498 g/mol. The van der Waals surface area contributed by atoms with Gasteiger partial charge < -0.3 is 25.3 Å². The van der Waals surface area contributed by atoms with Gasteiger partial charge in [-0.15, -0.1) is 0 Å². The maximum Gasteiger partial charge on any atom is 0.184 e. The fourth-order valence-corrected chi connectivity index (χ4v) is 5.03. The number of likely N-dealkylation sites (N-methyl/N-ethyl adjacent to an activating group) is 1. The van der Waals surface area contributed by atoms with Crippen LogP contribution in [0.15, 0.2) is 35.4 Å². The molecule has 188 valence electrons. The summed E-state index contributed by atoms with van der Waals surface area (Å²) in [5.74, 6) is -0.242.